The van der Waals surface area contributed by atoms with E-state index >= 15 is 0 Å². The summed E-state index contributed by atoms with van der Waals surface area (Å²) in [5.74, 6) is 0.630. The lowest BCUT2D eigenvalue weighted by molar-refractivity contribution is 0.119. The molecule has 0 bridgehead atoms. The van der Waals surface area contributed by atoms with Crippen molar-refractivity contribution in [3.8, 4) is 6.07 Å². The lowest BCUT2D eigenvalue weighted by atomic mass is 9.84. The summed E-state index contributed by atoms with van der Waals surface area (Å²) in [6, 6.07) is 2.56. The highest BCUT2D eigenvalue weighted by atomic mass is 15.2. The molecule has 0 heterocycles. The number of rotatable bonds is 7. The third-order valence-corrected chi connectivity index (χ3v) is 3.54. The van der Waals surface area contributed by atoms with E-state index in [0.717, 1.165) is 32.4 Å². The van der Waals surface area contributed by atoms with Crippen LogP contribution in [0, 0.1) is 17.2 Å². The summed E-state index contributed by atoms with van der Waals surface area (Å²) in [4.78, 5) is 2.30. The summed E-state index contributed by atoms with van der Waals surface area (Å²) in [6.07, 6.45) is 3.08. The second kappa shape index (κ2) is 6.85. The second-order valence-electron chi connectivity index (χ2n) is 4.39. The first kappa shape index (κ1) is 14.5. The largest absolute Gasteiger partial charge is 0.286 e. The first-order valence-electron chi connectivity index (χ1n) is 6.26. The molecule has 0 aliphatic rings. The van der Waals surface area contributed by atoms with Gasteiger partial charge in [0, 0.05) is 0 Å². The smallest absolute Gasteiger partial charge is 0.109 e. The van der Waals surface area contributed by atoms with Gasteiger partial charge >= 0.3 is 0 Å². The predicted molar refractivity (Wildman–Crippen MR) is 65.6 cm³/mol. The van der Waals surface area contributed by atoms with Gasteiger partial charge in [0.2, 0.25) is 0 Å². The molecule has 0 radical (unpaired) electrons. The molecule has 0 saturated heterocycles. The van der Waals surface area contributed by atoms with Crippen LogP contribution in [0.3, 0.4) is 0 Å². The van der Waals surface area contributed by atoms with Crippen LogP contribution in [0.1, 0.15) is 53.9 Å². The zero-order valence-electron chi connectivity index (χ0n) is 11.0. The zero-order chi connectivity index (χ0) is 11.9. The van der Waals surface area contributed by atoms with E-state index in [1.54, 1.807) is 0 Å². The Morgan fingerprint density at radius 3 is 2.00 bits per heavy atom. The molecule has 2 nitrogen and oxygen atoms in total. The minimum Gasteiger partial charge on any atom is -0.286 e. The Morgan fingerprint density at radius 1 is 1.20 bits per heavy atom. The van der Waals surface area contributed by atoms with E-state index in [0.29, 0.717) is 5.92 Å². The van der Waals surface area contributed by atoms with Crippen LogP contribution in [0.4, 0.5) is 0 Å². The van der Waals surface area contributed by atoms with Gasteiger partial charge in [-0.15, -0.1) is 0 Å². The van der Waals surface area contributed by atoms with Crippen molar-refractivity contribution in [2.45, 2.75) is 59.4 Å². The van der Waals surface area contributed by atoms with E-state index in [9.17, 15) is 5.26 Å². The molecule has 2 atom stereocenters. The topological polar surface area (TPSA) is 27.0 Å². The normalized spacial score (nSPS) is 17.1. The van der Waals surface area contributed by atoms with Crippen LogP contribution in [0.25, 0.3) is 0 Å². The number of nitrogens with zero attached hydrogens (tertiary/aromatic N) is 2. The van der Waals surface area contributed by atoms with Gasteiger partial charge in [-0.05, 0) is 31.8 Å². The van der Waals surface area contributed by atoms with Gasteiger partial charge in [-0.1, -0.05) is 41.0 Å². The summed E-state index contributed by atoms with van der Waals surface area (Å²) in [7, 11) is 0. The number of hydrogen-bond donors (Lipinski definition) is 0. The average Bonchev–Trinajstić information content (AvgIpc) is 2.28. The highest BCUT2D eigenvalue weighted by Gasteiger charge is 2.34. The molecule has 88 valence electrons. The van der Waals surface area contributed by atoms with Gasteiger partial charge in [0.25, 0.3) is 0 Å². The van der Waals surface area contributed by atoms with Gasteiger partial charge in [-0.25, -0.2) is 0 Å². The highest BCUT2D eigenvalue weighted by molar-refractivity contribution is 5.07. The molecule has 0 saturated carbocycles. The van der Waals surface area contributed by atoms with E-state index in [4.69, 9.17) is 0 Å². The van der Waals surface area contributed by atoms with Gasteiger partial charge in [0.1, 0.15) is 5.54 Å². The summed E-state index contributed by atoms with van der Waals surface area (Å²) >= 11 is 0. The van der Waals surface area contributed by atoms with Crippen LogP contribution < -0.4 is 0 Å². The Labute approximate surface area is 95.3 Å². The molecule has 0 fully saturated rings. The van der Waals surface area contributed by atoms with Crippen molar-refractivity contribution in [1.29, 1.82) is 5.26 Å². The summed E-state index contributed by atoms with van der Waals surface area (Å²) < 4.78 is 0. The molecule has 0 N–H and O–H groups in total. The molecule has 0 spiro atoms. The summed E-state index contributed by atoms with van der Waals surface area (Å²) in [5, 5.41) is 9.46. The molecule has 0 aromatic rings. The first-order valence-corrected chi connectivity index (χ1v) is 6.26. The van der Waals surface area contributed by atoms with Crippen LogP contribution in [0.15, 0.2) is 0 Å². The minimum atomic E-state index is -0.237. The molecular weight excluding hydrogens is 184 g/mol. The van der Waals surface area contributed by atoms with Crippen molar-refractivity contribution in [3.05, 3.63) is 0 Å². The fraction of sp³-hybridized carbons (Fsp3) is 0.923. The Morgan fingerprint density at radius 2 is 1.73 bits per heavy atom. The Hall–Kier alpha value is -0.550. The number of hydrogen-bond acceptors (Lipinski definition) is 2. The van der Waals surface area contributed by atoms with Crippen molar-refractivity contribution in [1.82, 2.24) is 4.90 Å². The van der Waals surface area contributed by atoms with Crippen LogP contribution in [0.5, 0.6) is 0 Å². The fourth-order valence-corrected chi connectivity index (χ4v) is 2.24. The molecule has 0 rings (SSSR count). The Kier molecular flexibility index (Phi) is 6.60. The quantitative estimate of drug-likeness (QED) is 0.643. The van der Waals surface area contributed by atoms with Gasteiger partial charge in [0.05, 0.1) is 6.07 Å². The van der Waals surface area contributed by atoms with E-state index in [-0.39, 0.29) is 5.54 Å². The lowest BCUT2D eigenvalue weighted by Gasteiger charge is -2.38. The Balaban J connectivity index is 4.79. The van der Waals surface area contributed by atoms with E-state index in [1.165, 1.54) is 0 Å². The SMILES string of the molecule is CCC(C)CC(C#N)(CC)N(CC)CC. The van der Waals surface area contributed by atoms with Crippen molar-refractivity contribution < 1.29 is 0 Å². The number of nitriles is 1. The molecular formula is C13H26N2. The molecule has 0 aliphatic heterocycles. The molecule has 0 aromatic carbocycles. The second-order valence-corrected chi connectivity index (χ2v) is 4.39. The van der Waals surface area contributed by atoms with E-state index in [1.807, 2.05) is 0 Å². The third kappa shape index (κ3) is 3.50. The van der Waals surface area contributed by atoms with Gasteiger partial charge in [0.15, 0.2) is 0 Å². The maximum atomic E-state index is 9.46. The monoisotopic (exact) mass is 210 g/mol. The van der Waals surface area contributed by atoms with Crippen molar-refractivity contribution >= 4 is 0 Å². The molecule has 0 amide bonds. The maximum Gasteiger partial charge on any atom is 0.109 e. The molecule has 0 aliphatic carbocycles. The van der Waals surface area contributed by atoms with Crippen LogP contribution in [0.2, 0.25) is 0 Å². The zero-order valence-corrected chi connectivity index (χ0v) is 11.0. The predicted octanol–water partition coefficient (Wildman–Crippen LogP) is 3.44. The van der Waals surface area contributed by atoms with Crippen LogP contribution >= 0.6 is 0 Å². The van der Waals surface area contributed by atoms with Gasteiger partial charge in [-0.3, -0.25) is 4.90 Å². The molecule has 0 aromatic heterocycles. The standard InChI is InChI=1S/C13H26N2/c1-6-12(5)10-13(7-2,11-14)15(8-3)9-4/h12H,6-10H2,1-5H3. The van der Waals surface area contributed by atoms with Gasteiger partial charge in [-0.2, -0.15) is 5.26 Å². The first-order chi connectivity index (χ1) is 7.10. The van der Waals surface area contributed by atoms with Crippen molar-refractivity contribution in [3.63, 3.8) is 0 Å². The highest BCUT2D eigenvalue weighted by Crippen LogP contribution is 2.28. The third-order valence-electron chi connectivity index (χ3n) is 3.54. The fourth-order valence-electron chi connectivity index (χ4n) is 2.24. The summed E-state index contributed by atoms with van der Waals surface area (Å²) in [6.45, 7) is 12.8. The molecule has 2 unspecified atom stereocenters. The molecule has 2 heteroatoms. The average molecular weight is 210 g/mol. The lowest BCUT2D eigenvalue weighted by Crippen LogP contribution is -2.48. The van der Waals surface area contributed by atoms with Crippen LogP contribution in [-0.2, 0) is 0 Å². The van der Waals surface area contributed by atoms with Crippen molar-refractivity contribution in [2.24, 2.45) is 5.92 Å². The maximum absolute atomic E-state index is 9.46. The van der Waals surface area contributed by atoms with Gasteiger partial charge < -0.3 is 0 Å². The minimum absolute atomic E-state index is 0.237. The van der Waals surface area contributed by atoms with E-state index < -0.39 is 0 Å². The van der Waals surface area contributed by atoms with Crippen molar-refractivity contribution in [2.75, 3.05) is 13.1 Å². The van der Waals surface area contributed by atoms with Crippen LogP contribution in [-0.4, -0.2) is 23.5 Å². The summed E-state index contributed by atoms with van der Waals surface area (Å²) in [5.41, 5.74) is -0.237. The molecule has 15 heavy (non-hydrogen) atoms. The van der Waals surface area contributed by atoms with E-state index in [2.05, 4.69) is 45.6 Å². The Bertz CT molecular complexity index is 203.